The molecular weight excluding hydrogens is 266 g/mol. The molecule has 2 aromatic rings. The quantitative estimate of drug-likeness (QED) is 0.862. The highest BCUT2D eigenvalue weighted by atomic mass is 32.2. The van der Waals surface area contributed by atoms with Crippen molar-refractivity contribution in [1.29, 1.82) is 0 Å². The molecule has 0 saturated carbocycles. The van der Waals surface area contributed by atoms with Crippen LogP contribution in [0.15, 0.2) is 23.5 Å². The van der Waals surface area contributed by atoms with Crippen LogP contribution in [0.5, 0.6) is 0 Å². The van der Waals surface area contributed by atoms with Crippen molar-refractivity contribution < 1.29 is 8.42 Å². The minimum atomic E-state index is -3.54. The van der Waals surface area contributed by atoms with Crippen LogP contribution < -0.4 is 4.72 Å². The summed E-state index contributed by atoms with van der Waals surface area (Å²) in [7, 11) is -1.75. The molecule has 0 amide bonds. The first-order valence-electron chi connectivity index (χ1n) is 5.93. The standard InChI is InChI=1S/C11H17N5O2S/c1-4-16-8-11(9(2)14-16)19(17,18)13-6-10-5-12-15(3)7-10/h5,7-8,13H,4,6H2,1-3H3. The van der Waals surface area contributed by atoms with Gasteiger partial charge in [0.05, 0.1) is 11.9 Å². The molecule has 0 fully saturated rings. The average molecular weight is 283 g/mol. The Morgan fingerprint density at radius 1 is 1.37 bits per heavy atom. The molecule has 0 aromatic carbocycles. The predicted octanol–water partition coefficient (Wildman–Crippen LogP) is 0.423. The van der Waals surface area contributed by atoms with Crippen LogP contribution in [0.25, 0.3) is 0 Å². The Kier molecular flexibility index (Phi) is 3.72. The minimum absolute atomic E-state index is 0.215. The molecule has 2 aromatic heterocycles. The molecule has 1 N–H and O–H groups in total. The van der Waals surface area contributed by atoms with Crippen LogP contribution in [0.1, 0.15) is 18.2 Å². The Morgan fingerprint density at radius 3 is 2.63 bits per heavy atom. The zero-order valence-electron chi connectivity index (χ0n) is 11.2. The molecule has 2 rings (SSSR count). The SMILES string of the molecule is CCn1cc(S(=O)(=O)NCc2cnn(C)c2)c(C)n1. The van der Waals surface area contributed by atoms with E-state index in [9.17, 15) is 8.42 Å². The number of aryl methyl sites for hydroxylation is 3. The van der Waals surface area contributed by atoms with Crippen molar-refractivity contribution in [2.24, 2.45) is 7.05 Å². The third-order valence-corrected chi connectivity index (χ3v) is 4.24. The van der Waals surface area contributed by atoms with Gasteiger partial charge in [-0.2, -0.15) is 10.2 Å². The van der Waals surface area contributed by atoms with Gasteiger partial charge in [0.15, 0.2) is 0 Å². The van der Waals surface area contributed by atoms with Gasteiger partial charge in [0, 0.05) is 38.1 Å². The number of nitrogens with zero attached hydrogens (tertiary/aromatic N) is 4. The van der Waals surface area contributed by atoms with E-state index in [0.29, 0.717) is 12.2 Å². The van der Waals surface area contributed by atoms with Crippen LogP contribution in [-0.2, 0) is 30.2 Å². The fraction of sp³-hybridized carbons (Fsp3) is 0.455. The summed E-state index contributed by atoms with van der Waals surface area (Å²) in [5.41, 5.74) is 1.31. The van der Waals surface area contributed by atoms with Crippen molar-refractivity contribution in [1.82, 2.24) is 24.3 Å². The normalized spacial score (nSPS) is 11.9. The van der Waals surface area contributed by atoms with Crippen molar-refractivity contribution in [3.8, 4) is 0 Å². The van der Waals surface area contributed by atoms with Crippen LogP contribution in [0, 0.1) is 6.92 Å². The van der Waals surface area contributed by atoms with Crippen molar-refractivity contribution in [3.63, 3.8) is 0 Å². The van der Waals surface area contributed by atoms with Crippen LogP contribution >= 0.6 is 0 Å². The Morgan fingerprint density at radius 2 is 2.11 bits per heavy atom. The van der Waals surface area contributed by atoms with Crippen molar-refractivity contribution in [3.05, 3.63) is 29.8 Å². The first kappa shape index (κ1) is 13.8. The largest absolute Gasteiger partial charge is 0.275 e. The third-order valence-electron chi connectivity index (χ3n) is 2.74. The Labute approximate surface area is 112 Å². The van der Waals surface area contributed by atoms with Crippen molar-refractivity contribution in [2.45, 2.75) is 31.8 Å². The Balaban J connectivity index is 2.15. The second-order valence-electron chi connectivity index (χ2n) is 4.28. The van der Waals surface area contributed by atoms with E-state index in [-0.39, 0.29) is 11.4 Å². The number of sulfonamides is 1. The molecule has 0 radical (unpaired) electrons. The van der Waals surface area contributed by atoms with Gasteiger partial charge >= 0.3 is 0 Å². The summed E-state index contributed by atoms with van der Waals surface area (Å²) >= 11 is 0. The molecule has 2 heterocycles. The van der Waals surface area contributed by atoms with E-state index in [0.717, 1.165) is 5.56 Å². The van der Waals surface area contributed by atoms with Gasteiger partial charge in [0.25, 0.3) is 0 Å². The number of rotatable bonds is 5. The molecule has 0 spiro atoms. The third kappa shape index (κ3) is 3.02. The summed E-state index contributed by atoms with van der Waals surface area (Å²) in [6.07, 6.45) is 4.94. The van der Waals surface area contributed by atoms with Gasteiger partial charge in [-0.1, -0.05) is 0 Å². The van der Waals surface area contributed by atoms with E-state index in [2.05, 4.69) is 14.9 Å². The van der Waals surface area contributed by atoms with Crippen LogP contribution in [0.3, 0.4) is 0 Å². The summed E-state index contributed by atoms with van der Waals surface area (Å²) in [5.74, 6) is 0. The van der Waals surface area contributed by atoms with E-state index in [1.807, 2.05) is 6.92 Å². The number of aromatic nitrogens is 4. The van der Waals surface area contributed by atoms with Gasteiger partial charge in [0.1, 0.15) is 4.90 Å². The fourth-order valence-corrected chi connectivity index (χ4v) is 2.95. The first-order chi connectivity index (χ1) is 8.92. The predicted molar refractivity (Wildman–Crippen MR) is 69.9 cm³/mol. The first-order valence-corrected chi connectivity index (χ1v) is 7.42. The van der Waals surface area contributed by atoms with E-state index >= 15 is 0 Å². The average Bonchev–Trinajstić information content (AvgIpc) is 2.93. The second kappa shape index (κ2) is 5.14. The summed E-state index contributed by atoms with van der Waals surface area (Å²) in [6.45, 7) is 4.45. The molecule has 0 unspecified atom stereocenters. The lowest BCUT2D eigenvalue weighted by atomic mass is 10.4. The molecule has 19 heavy (non-hydrogen) atoms. The van der Waals surface area contributed by atoms with Crippen LogP contribution in [-0.4, -0.2) is 28.0 Å². The molecule has 7 nitrogen and oxygen atoms in total. The van der Waals surface area contributed by atoms with Gasteiger partial charge in [-0.15, -0.1) is 0 Å². The fourth-order valence-electron chi connectivity index (χ4n) is 1.74. The number of hydrogen-bond donors (Lipinski definition) is 1. The lowest BCUT2D eigenvalue weighted by Crippen LogP contribution is -2.23. The molecule has 0 aliphatic rings. The van der Waals surface area contributed by atoms with Crippen molar-refractivity contribution in [2.75, 3.05) is 0 Å². The highest BCUT2D eigenvalue weighted by molar-refractivity contribution is 7.89. The molecule has 0 bridgehead atoms. The molecule has 0 aliphatic carbocycles. The summed E-state index contributed by atoms with van der Waals surface area (Å²) in [4.78, 5) is 0.221. The molecule has 0 aliphatic heterocycles. The van der Waals surface area contributed by atoms with E-state index < -0.39 is 10.0 Å². The Hall–Kier alpha value is -1.67. The van der Waals surface area contributed by atoms with Crippen LogP contribution in [0.4, 0.5) is 0 Å². The van der Waals surface area contributed by atoms with Gasteiger partial charge in [-0.3, -0.25) is 9.36 Å². The van der Waals surface area contributed by atoms with Crippen molar-refractivity contribution >= 4 is 10.0 Å². The van der Waals surface area contributed by atoms with E-state index in [4.69, 9.17) is 0 Å². The molecule has 104 valence electrons. The topological polar surface area (TPSA) is 81.8 Å². The smallest absolute Gasteiger partial charge is 0.244 e. The molecular formula is C11H17N5O2S. The summed E-state index contributed by atoms with van der Waals surface area (Å²) in [5, 5.41) is 8.13. The number of nitrogens with one attached hydrogen (secondary N) is 1. The van der Waals surface area contributed by atoms with Gasteiger partial charge in [-0.05, 0) is 13.8 Å². The van der Waals surface area contributed by atoms with Gasteiger partial charge in [0.2, 0.25) is 10.0 Å². The number of hydrogen-bond acceptors (Lipinski definition) is 4. The highest BCUT2D eigenvalue weighted by Gasteiger charge is 2.19. The maximum atomic E-state index is 12.2. The van der Waals surface area contributed by atoms with Gasteiger partial charge in [-0.25, -0.2) is 13.1 Å². The lowest BCUT2D eigenvalue weighted by molar-refractivity contribution is 0.580. The monoisotopic (exact) mass is 283 g/mol. The minimum Gasteiger partial charge on any atom is -0.275 e. The van der Waals surface area contributed by atoms with Crippen LogP contribution in [0.2, 0.25) is 0 Å². The zero-order chi connectivity index (χ0) is 14.0. The summed E-state index contributed by atoms with van der Waals surface area (Å²) in [6, 6.07) is 0. The second-order valence-corrected chi connectivity index (χ2v) is 6.02. The maximum Gasteiger partial charge on any atom is 0.244 e. The molecule has 8 heteroatoms. The highest BCUT2D eigenvalue weighted by Crippen LogP contribution is 2.13. The van der Waals surface area contributed by atoms with Gasteiger partial charge < -0.3 is 0 Å². The lowest BCUT2D eigenvalue weighted by Gasteiger charge is -2.03. The zero-order valence-corrected chi connectivity index (χ0v) is 12.0. The molecule has 0 atom stereocenters. The summed E-state index contributed by atoms with van der Waals surface area (Å²) < 4.78 is 30.1. The maximum absolute atomic E-state index is 12.2. The van der Waals surface area contributed by atoms with E-state index in [1.54, 1.807) is 41.9 Å². The molecule has 0 saturated heterocycles. The Bertz CT molecular complexity index is 671. The van der Waals surface area contributed by atoms with E-state index in [1.165, 1.54) is 0 Å².